The Hall–Kier alpha value is -2.09. The Morgan fingerprint density at radius 3 is 2.41 bits per heavy atom. The lowest BCUT2D eigenvalue weighted by Crippen LogP contribution is -2.49. The second-order valence-electron chi connectivity index (χ2n) is 7.57. The highest BCUT2D eigenvalue weighted by Crippen LogP contribution is 2.15. The fourth-order valence-electron chi connectivity index (χ4n) is 2.80. The third-order valence-corrected chi connectivity index (χ3v) is 5.18. The highest BCUT2D eigenvalue weighted by molar-refractivity contribution is 14.1. The molecule has 0 radical (unpaired) electrons. The zero-order valence-electron chi connectivity index (χ0n) is 17.4. The maximum absolute atomic E-state index is 13.0. The molecule has 6 heteroatoms. The summed E-state index contributed by atoms with van der Waals surface area (Å²) in [6, 6.07) is 14.9. The minimum absolute atomic E-state index is 0.117. The summed E-state index contributed by atoms with van der Waals surface area (Å²) in [5.41, 5.74) is 2.10. The molecule has 2 aromatic carbocycles. The van der Waals surface area contributed by atoms with Gasteiger partial charge in [-0.3, -0.25) is 9.59 Å². The van der Waals surface area contributed by atoms with Crippen molar-refractivity contribution in [1.29, 1.82) is 0 Å². The highest BCUT2D eigenvalue weighted by Gasteiger charge is 2.26. The van der Waals surface area contributed by atoms with E-state index in [2.05, 4.69) is 27.9 Å². The Labute approximate surface area is 187 Å². The van der Waals surface area contributed by atoms with Crippen LogP contribution >= 0.6 is 22.6 Å². The summed E-state index contributed by atoms with van der Waals surface area (Å²) < 4.78 is 6.76. The second kappa shape index (κ2) is 11.2. The van der Waals surface area contributed by atoms with Crippen molar-refractivity contribution in [2.45, 2.75) is 40.3 Å². The van der Waals surface area contributed by atoms with E-state index in [1.54, 1.807) is 11.8 Å². The molecule has 0 saturated carbocycles. The lowest BCUT2D eigenvalue weighted by molar-refractivity contribution is -0.142. The van der Waals surface area contributed by atoms with Crippen LogP contribution in [-0.2, 0) is 16.1 Å². The van der Waals surface area contributed by atoms with E-state index >= 15 is 0 Å². The first-order chi connectivity index (χ1) is 13.8. The Kier molecular flexibility index (Phi) is 8.95. The number of benzene rings is 2. The van der Waals surface area contributed by atoms with Crippen molar-refractivity contribution in [3.8, 4) is 5.75 Å². The summed E-state index contributed by atoms with van der Waals surface area (Å²) >= 11 is 2.22. The number of ether oxygens (including phenoxy) is 1. The lowest BCUT2D eigenvalue weighted by atomic mass is 10.1. The zero-order chi connectivity index (χ0) is 21.4. The van der Waals surface area contributed by atoms with Gasteiger partial charge in [-0.15, -0.1) is 0 Å². The number of hydrogen-bond acceptors (Lipinski definition) is 3. The predicted molar refractivity (Wildman–Crippen MR) is 124 cm³/mol. The quantitative estimate of drug-likeness (QED) is 0.518. The molecule has 2 aromatic rings. The first kappa shape index (κ1) is 23.2. The fourth-order valence-corrected chi connectivity index (χ4v) is 3.16. The van der Waals surface area contributed by atoms with Crippen LogP contribution in [0.5, 0.6) is 5.75 Å². The van der Waals surface area contributed by atoms with Crippen LogP contribution in [0.2, 0.25) is 0 Å². The van der Waals surface area contributed by atoms with E-state index in [0.717, 1.165) is 14.7 Å². The number of nitrogens with zero attached hydrogens (tertiary/aromatic N) is 1. The van der Waals surface area contributed by atoms with E-state index in [-0.39, 0.29) is 18.4 Å². The molecule has 156 valence electrons. The number of halogens is 1. The minimum Gasteiger partial charge on any atom is -0.484 e. The standard InChI is InChI=1S/C23H29IN2O3/c1-16(2)13-25-23(28)18(4)26(14-19-7-5-6-17(3)12-19)22(27)15-29-21-10-8-20(24)9-11-21/h5-12,16,18H,13-15H2,1-4H3,(H,25,28)/t18-/m1/s1. The molecular weight excluding hydrogens is 479 g/mol. The number of rotatable bonds is 9. The van der Waals surface area contributed by atoms with Crippen LogP contribution in [0.15, 0.2) is 48.5 Å². The summed E-state index contributed by atoms with van der Waals surface area (Å²) in [5.74, 6) is 0.591. The van der Waals surface area contributed by atoms with Gasteiger partial charge in [-0.05, 0) is 72.2 Å². The number of aryl methyl sites for hydroxylation is 1. The molecule has 5 nitrogen and oxygen atoms in total. The van der Waals surface area contributed by atoms with Crippen molar-refractivity contribution in [2.24, 2.45) is 5.92 Å². The van der Waals surface area contributed by atoms with Crippen molar-refractivity contribution in [2.75, 3.05) is 13.2 Å². The van der Waals surface area contributed by atoms with Crippen LogP contribution in [0.4, 0.5) is 0 Å². The molecule has 0 heterocycles. The van der Waals surface area contributed by atoms with Gasteiger partial charge in [0.1, 0.15) is 11.8 Å². The summed E-state index contributed by atoms with van der Waals surface area (Å²) in [7, 11) is 0. The Morgan fingerprint density at radius 1 is 1.10 bits per heavy atom. The summed E-state index contributed by atoms with van der Waals surface area (Å²) in [5, 5.41) is 2.92. The van der Waals surface area contributed by atoms with Crippen LogP contribution in [0.1, 0.15) is 31.9 Å². The van der Waals surface area contributed by atoms with Gasteiger partial charge in [0.2, 0.25) is 5.91 Å². The van der Waals surface area contributed by atoms with E-state index in [9.17, 15) is 9.59 Å². The number of carbonyl (C=O) groups is 2. The van der Waals surface area contributed by atoms with Crippen LogP contribution < -0.4 is 10.1 Å². The maximum atomic E-state index is 13.0. The normalized spacial score (nSPS) is 11.8. The van der Waals surface area contributed by atoms with Gasteiger partial charge < -0.3 is 15.0 Å². The van der Waals surface area contributed by atoms with Gasteiger partial charge in [-0.25, -0.2) is 0 Å². The molecule has 0 spiro atoms. The van der Waals surface area contributed by atoms with Gasteiger partial charge in [-0.2, -0.15) is 0 Å². The van der Waals surface area contributed by atoms with Gasteiger partial charge in [0.15, 0.2) is 6.61 Å². The number of nitrogens with one attached hydrogen (secondary N) is 1. The molecule has 0 saturated heterocycles. The Morgan fingerprint density at radius 2 is 1.79 bits per heavy atom. The van der Waals surface area contributed by atoms with Crippen molar-refractivity contribution >= 4 is 34.4 Å². The maximum Gasteiger partial charge on any atom is 0.261 e. The molecule has 2 amide bonds. The van der Waals surface area contributed by atoms with E-state index in [1.165, 1.54) is 0 Å². The third-order valence-electron chi connectivity index (χ3n) is 4.46. The highest BCUT2D eigenvalue weighted by atomic mass is 127. The molecule has 0 fully saturated rings. The van der Waals surface area contributed by atoms with E-state index in [1.807, 2.05) is 69.3 Å². The summed E-state index contributed by atoms with van der Waals surface area (Å²) in [6.07, 6.45) is 0. The van der Waals surface area contributed by atoms with Crippen molar-refractivity contribution in [3.63, 3.8) is 0 Å². The monoisotopic (exact) mass is 508 g/mol. The topological polar surface area (TPSA) is 58.6 Å². The third kappa shape index (κ3) is 7.68. The first-order valence-electron chi connectivity index (χ1n) is 9.77. The molecular formula is C23H29IN2O3. The Balaban J connectivity index is 2.12. The van der Waals surface area contributed by atoms with Gasteiger partial charge in [0.25, 0.3) is 5.91 Å². The molecule has 0 unspecified atom stereocenters. The predicted octanol–water partition coefficient (Wildman–Crippen LogP) is 4.17. The van der Waals surface area contributed by atoms with Gasteiger partial charge in [0.05, 0.1) is 0 Å². The molecule has 0 bridgehead atoms. The van der Waals surface area contributed by atoms with Crippen LogP contribution in [0.3, 0.4) is 0 Å². The minimum atomic E-state index is -0.595. The number of carbonyl (C=O) groups excluding carboxylic acids is 2. The van der Waals surface area contributed by atoms with Crippen LogP contribution in [0, 0.1) is 16.4 Å². The smallest absolute Gasteiger partial charge is 0.261 e. The fraction of sp³-hybridized carbons (Fsp3) is 0.391. The SMILES string of the molecule is Cc1cccc(CN(C(=O)COc2ccc(I)cc2)[C@H](C)C(=O)NCC(C)C)c1. The molecule has 29 heavy (non-hydrogen) atoms. The molecule has 0 aliphatic rings. The Bertz CT molecular complexity index is 821. The summed E-state index contributed by atoms with van der Waals surface area (Å²) in [6.45, 7) is 8.66. The first-order valence-corrected chi connectivity index (χ1v) is 10.8. The largest absolute Gasteiger partial charge is 0.484 e. The number of amides is 2. The van der Waals surface area contributed by atoms with Crippen LogP contribution in [-0.4, -0.2) is 35.9 Å². The van der Waals surface area contributed by atoms with Gasteiger partial charge in [0, 0.05) is 16.7 Å². The molecule has 1 atom stereocenters. The molecule has 0 aromatic heterocycles. The van der Waals surface area contributed by atoms with Gasteiger partial charge >= 0.3 is 0 Å². The molecule has 1 N–H and O–H groups in total. The van der Waals surface area contributed by atoms with Crippen molar-refractivity contribution < 1.29 is 14.3 Å². The number of hydrogen-bond donors (Lipinski definition) is 1. The zero-order valence-corrected chi connectivity index (χ0v) is 19.6. The van der Waals surface area contributed by atoms with E-state index in [0.29, 0.717) is 24.8 Å². The van der Waals surface area contributed by atoms with Crippen molar-refractivity contribution in [3.05, 3.63) is 63.2 Å². The molecule has 2 rings (SSSR count). The van der Waals surface area contributed by atoms with Gasteiger partial charge in [-0.1, -0.05) is 43.7 Å². The molecule has 0 aliphatic heterocycles. The lowest BCUT2D eigenvalue weighted by Gasteiger charge is -2.29. The van der Waals surface area contributed by atoms with E-state index < -0.39 is 6.04 Å². The van der Waals surface area contributed by atoms with Crippen molar-refractivity contribution in [1.82, 2.24) is 10.2 Å². The average molecular weight is 508 g/mol. The second-order valence-corrected chi connectivity index (χ2v) is 8.81. The average Bonchev–Trinajstić information content (AvgIpc) is 2.69. The van der Waals surface area contributed by atoms with E-state index in [4.69, 9.17) is 4.74 Å². The van der Waals surface area contributed by atoms with Crippen LogP contribution in [0.25, 0.3) is 0 Å². The summed E-state index contributed by atoms with van der Waals surface area (Å²) in [4.78, 5) is 27.2. The molecule has 0 aliphatic carbocycles.